The lowest BCUT2D eigenvalue weighted by Crippen LogP contribution is -2.46. The maximum absolute atomic E-state index is 12.6. The summed E-state index contributed by atoms with van der Waals surface area (Å²) in [5.74, 6) is 0.285. The van der Waals surface area contributed by atoms with Gasteiger partial charge in [-0.05, 0) is 31.1 Å². The number of morpholine rings is 1. The molecule has 2 saturated heterocycles. The molecule has 3 rings (SSSR count). The third-order valence-corrected chi connectivity index (χ3v) is 6.09. The Hall–Kier alpha value is -1.10. The van der Waals surface area contributed by atoms with Gasteiger partial charge in [-0.3, -0.25) is 9.59 Å². The van der Waals surface area contributed by atoms with Crippen LogP contribution < -0.4 is 0 Å². The molecule has 0 atom stereocenters. The fourth-order valence-electron chi connectivity index (χ4n) is 4.65. The van der Waals surface area contributed by atoms with Gasteiger partial charge in [-0.1, -0.05) is 25.7 Å². The number of carbonyl (C=O) groups is 2. The third-order valence-electron chi connectivity index (χ3n) is 6.09. The summed E-state index contributed by atoms with van der Waals surface area (Å²) in [6.07, 6.45) is 11.0. The molecular formula is C19H32N2O3. The molecule has 2 amide bonds. The average molecular weight is 336 g/mol. The van der Waals surface area contributed by atoms with E-state index < -0.39 is 0 Å². The maximum Gasteiger partial charge on any atom is 0.223 e. The van der Waals surface area contributed by atoms with Crippen molar-refractivity contribution >= 4 is 11.8 Å². The highest BCUT2D eigenvalue weighted by Gasteiger charge is 2.37. The van der Waals surface area contributed by atoms with Crippen LogP contribution in [0.2, 0.25) is 0 Å². The standard InChI is InChI=1S/C19H32N2O3/c22-17(20-12-14-24-15-13-20)6-7-18(23)21-11-5-10-19(16-21)8-3-1-2-4-9-19/h1-16H2. The first-order valence-corrected chi connectivity index (χ1v) is 9.82. The van der Waals surface area contributed by atoms with Crippen molar-refractivity contribution in [3.8, 4) is 0 Å². The van der Waals surface area contributed by atoms with Crippen LogP contribution in [0.3, 0.4) is 0 Å². The van der Waals surface area contributed by atoms with Crippen LogP contribution in [0.25, 0.3) is 0 Å². The molecule has 1 spiro atoms. The highest BCUT2D eigenvalue weighted by atomic mass is 16.5. The Morgan fingerprint density at radius 2 is 1.33 bits per heavy atom. The van der Waals surface area contributed by atoms with Gasteiger partial charge in [0.25, 0.3) is 0 Å². The Kier molecular flexibility index (Phi) is 6.14. The molecule has 0 N–H and O–H groups in total. The normalized spacial score (nSPS) is 24.7. The number of likely N-dealkylation sites (tertiary alicyclic amines) is 1. The Labute approximate surface area is 145 Å². The first-order valence-electron chi connectivity index (χ1n) is 9.82. The van der Waals surface area contributed by atoms with Gasteiger partial charge in [0.1, 0.15) is 0 Å². The molecule has 1 aliphatic carbocycles. The second kappa shape index (κ2) is 8.32. The molecule has 0 bridgehead atoms. The molecular weight excluding hydrogens is 304 g/mol. The fourth-order valence-corrected chi connectivity index (χ4v) is 4.65. The molecule has 0 radical (unpaired) electrons. The van der Waals surface area contributed by atoms with E-state index in [2.05, 4.69) is 4.90 Å². The van der Waals surface area contributed by atoms with Crippen LogP contribution in [-0.4, -0.2) is 61.0 Å². The van der Waals surface area contributed by atoms with E-state index in [0.29, 0.717) is 44.6 Å². The lowest BCUT2D eigenvalue weighted by Gasteiger charge is -2.43. The molecule has 0 aromatic rings. The summed E-state index contributed by atoms with van der Waals surface area (Å²) < 4.78 is 5.28. The van der Waals surface area contributed by atoms with Crippen molar-refractivity contribution in [2.75, 3.05) is 39.4 Å². The van der Waals surface area contributed by atoms with E-state index in [-0.39, 0.29) is 11.8 Å². The van der Waals surface area contributed by atoms with Gasteiger partial charge in [-0.15, -0.1) is 0 Å². The van der Waals surface area contributed by atoms with Gasteiger partial charge in [0, 0.05) is 39.0 Å². The van der Waals surface area contributed by atoms with Crippen molar-refractivity contribution in [3.63, 3.8) is 0 Å². The summed E-state index contributed by atoms with van der Waals surface area (Å²) in [7, 11) is 0. The lowest BCUT2D eigenvalue weighted by molar-refractivity contribution is -0.141. The molecule has 0 aromatic carbocycles. The van der Waals surface area contributed by atoms with E-state index in [4.69, 9.17) is 4.74 Å². The third kappa shape index (κ3) is 4.50. The molecule has 2 heterocycles. The van der Waals surface area contributed by atoms with Gasteiger partial charge >= 0.3 is 0 Å². The Bertz CT molecular complexity index is 438. The predicted molar refractivity (Wildman–Crippen MR) is 92.6 cm³/mol. The van der Waals surface area contributed by atoms with E-state index >= 15 is 0 Å². The summed E-state index contributed by atoms with van der Waals surface area (Å²) >= 11 is 0. The number of hydrogen-bond acceptors (Lipinski definition) is 3. The van der Waals surface area contributed by atoms with Crippen LogP contribution in [0, 0.1) is 5.41 Å². The molecule has 5 nitrogen and oxygen atoms in total. The van der Waals surface area contributed by atoms with Crippen LogP contribution >= 0.6 is 0 Å². The first kappa shape index (κ1) is 17.7. The van der Waals surface area contributed by atoms with Crippen molar-refractivity contribution in [3.05, 3.63) is 0 Å². The minimum absolute atomic E-state index is 0.104. The molecule has 2 aliphatic heterocycles. The highest BCUT2D eigenvalue weighted by molar-refractivity contribution is 5.84. The number of piperidine rings is 1. The van der Waals surface area contributed by atoms with Gasteiger partial charge in [0.15, 0.2) is 0 Å². The van der Waals surface area contributed by atoms with E-state index in [1.54, 1.807) is 0 Å². The maximum atomic E-state index is 12.6. The van der Waals surface area contributed by atoms with Crippen LogP contribution in [0.15, 0.2) is 0 Å². The van der Waals surface area contributed by atoms with Crippen LogP contribution in [0.5, 0.6) is 0 Å². The van der Waals surface area contributed by atoms with Crippen molar-refractivity contribution in [1.29, 1.82) is 0 Å². The van der Waals surface area contributed by atoms with E-state index in [9.17, 15) is 9.59 Å². The molecule has 0 aromatic heterocycles. The minimum Gasteiger partial charge on any atom is -0.378 e. The molecule has 3 aliphatic rings. The predicted octanol–water partition coefficient (Wildman–Crippen LogP) is 2.59. The Balaban J connectivity index is 1.48. The molecule has 3 fully saturated rings. The molecule has 0 unspecified atom stereocenters. The van der Waals surface area contributed by atoms with Crippen molar-refractivity contribution in [1.82, 2.24) is 9.80 Å². The van der Waals surface area contributed by atoms with Gasteiger partial charge in [-0.2, -0.15) is 0 Å². The van der Waals surface area contributed by atoms with Crippen molar-refractivity contribution in [2.45, 2.75) is 64.2 Å². The molecule has 1 saturated carbocycles. The number of ether oxygens (including phenoxy) is 1. The number of carbonyl (C=O) groups excluding carboxylic acids is 2. The minimum atomic E-state index is 0.104. The summed E-state index contributed by atoms with van der Waals surface area (Å²) in [4.78, 5) is 28.7. The highest BCUT2D eigenvalue weighted by Crippen LogP contribution is 2.42. The van der Waals surface area contributed by atoms with Crippen LogP contribution in [-0.2, 0) is 14.3 Å². The molecule has 5 heteroatoms. The van der Waals surface area contributed by atoms with Gasteiger partial charge in [0.2, 0.25) is 11.8 Å². The van der Waals surface area contributed by atoms with Gasteiger partial charge < -0.3 is 14.5 Å². The fraction of sp³-hybridized carbons (Fsp3) is 0.895. The summed E-state index contributed by atoms with van der Waals surface area (Å²) in [6.45, 7) is 4.38. The Morgan fingerprint density at radius 3 is 2.00 bits per heavy atom. The van der Waals surface area contributed by atoms with Crippen molar-refractivity contribution < 1.29 is 14.3 Å². The monoisotopic (exact) mass is 336 g/mol. The zero-order chi connectivity index (χ0) is 16.8. The summed E-state index contributed by atoms with van der Waals surface area (Å²) in [5, 5.41) is 0. The molecule has 136 valence electrons. The second-order valence-electron chi connectivity index (χ2n) is 7.83. The van der Waals surface area contributed by atoms with E-state index in [1.165, 1.54) is 44.9 Å². The average Bonchev–Trinajstić information content (AvgIpc) is 2.85. The zero-order valence-corrected chi connectivity index (χ0v) is 14.9. The number of amides is 2. The van der Waals surface area contributed by atoms with Crippen LogP contribution in [0.1, 0.15) is 64.2 Å². The number of hydrogen-bond donors (Lipinski definition) is 0. The number of nitrogens with zero attached hydrogens (tertiary/aromatic N) is 2. The second-order valence-corrected chi connectivity index (χ2v) is 7.83. The molecule has 24 heavy (non-hydrogen) atoms. The van der Waals surface area contributed by atoms with Gasteiger partial charge in [-0.25, -0.2) is 0 Å². The first-order chi connectivity index (χ1) is 11.7. The zero-order valence-electron chi connectivity index (χ0n) is 14.9. The van der Waals surface area contributed by atoms with E-state index in [0.717, 1.165) is 19.5 Å². The smallest absolute Gasteiger partial charge is 0.223 e. The van der Waals surface area contributed by atoms with Gasteiger partial charge in [0.05, 0.1) is 13.2 Å². The summed E-state index contributed by atoms with van der Waals surface area (Å²) in [6, 6.07) is 0. The largest absolute Gasteiger partial charge is 0.378 e. The topological polar surface area (TPSA) is 49.9 Å². The van der Waals surface area contributed by atoms with E-state index in [1.807, 2.05) is 4.90 Å². The lowest BCUT2D eigenvalue weighted by atomic mass is 9.74. The van der Waals surface area contributed by atoms with Crippen LogP contribution in [0.4, 0.5) is 0 Å². The SMILES string of the molecule is O=C(CCC(=O)N1CCCC2(CCCCCC2)C1)N1CCOCC1. The summed E-state index contributed by atoms with van der Waals surface area (Å²) in [5.41, 5.74) is 0.374. The number of rotatable bonds is 3. The quantitative estimate of drug-likeness (QED) is 0.796. The Morgan fingerprint density at radius 1 is 0.750 bits per heavy atom. The van der Waals surface area contributed by atoms with Crippen molar-refractivity contribution in [2.24, 2.45) is 5.41 Å².